The SMILES string of the molecule is CC#CCn1c(NCCc2ccc(C(F)(F)F)cc2)nc2c(c1=O)CN(C(=O)c1cnc3ccccc3c1)CC2. The van der Waals surface area contributed by atoms with Gasteiger partial charge in [-0.2, -0.15) is 13.2 Å². The highest BCUT2D eigenvalue weighted by atomic mass is 19.4. The van der Waals surface area contributed by atoms with Gasteiger partial charge in [0.2, 0.25) is 5.95 Å². The molecule has 2 aromatic heterocycles. The number of alkyl halides is 3. The number of carbonyl (C=O) groups is 1. The van der Waals surface area contributed by atoms with E-state index >= 15 is 0 Å². The molecule has 0 bridgehead atoms. The first-order chi connectivity index (χ1) is 19.2. The van der Waals surface area contributed by atoms with Crippen molar-refractivity contribution in [3.63, 3.8) is 0 Å². The van der Waals surface area contributed by atoms with Gasteiger partial charge in [0.05, 0.1) is 41.0 Å². The topological polar surface area (TPSA) is 80.1 Å². The van der Waals surface area contributed by atoms with Crippen LogP contribution in [0.4, 0.5) is 19.1 Å². The largest absolute Gasteiger partial charge is 0.416 e. The van der Waals surface area contributed by atoms with Crippen LogP contribution in [0.2, 0.25) is 0 Å². The molecule has 10 heteroatoms. The molecule has 1 aliphatic rings. The lowest BCUT2D eigenvalue weighted by molar-refractivity contribution is -0.137. The Hall–Kier alpha value is -4.65. The highest BCUT2D eigenvalue weighted by Crippen LogP contribution is 2.29. The van der Waals surface area contributed by atoms with E-state index < -0.39 is 11.7 Å². The zero-order chi connectivity index (χ0) is 28.3. The fourth-order valence-corrected chi connectivity index (χ4v) is 4.68. The number of fused-ring (bicyclic) bond motifs is 2. The highest BCUT2D eigenvalue weighted by Gasteiger charge is 2.30. The Kier molecular flexibility index (Phi) is 7.56. The molecular formula is C30H26F3N5O2. The van der Waals surface area contributed by atoms with Crippen LogP contribution in [0, 0.1) is 11.8 Å². The van der Waals surface area contributed by atoms with Crippen molar-refractivity contribution in [3.8, 4) is 11.8 Å². The molecule has 0 aliphatic carbocycles. The van der Waals surface area contributed by atoms with E-state index in [0.717, 1.165) is 28.6 Å². The second kappa shape index (κ2) is 11.2. The Morgan fingerprint density at radius 2 is 1.90 bits per heavy atom. The molecule has 0 saturated carbocycles. The molecule has 0 radical (unpaired) electrons. The molecule has 0 spiro atoms. The van der Waals surface area contributed by atoms with Crippen LogP contribution >= 0.6 is 0 Å². The van der Waals surface area contributed by atoms with Crippen molar-refractivity contribution in [3.05, 3.63) is 99.1 Å². The molecule has 1 amide bonds. The van der Waals surface area contributed by atoms with Crippen LogP contribution in [0.15, 0.2) is 65.6 Å². The zero-order valence-corrected chi connectivity index (χ0v) is 21.8. The normalized spacial score (nSPS) is 12.9. The van der Waals surface area contributed by atoms with Gasteiger partial charge in [-0.3, -0.25) is 19.1 Å². The second-order valence-corrected chi connectivity index (χ2v) is 9.44. The summed E-state index contributed by atoms with van der Waals surface area (Å²) in [5, 5.41) is 4.02. The molecule has 4 aromatic rings. The highest BCUT2D eigenvalue weighted by molar-refractivity contribution is 5.97. The summed E-state index contributed by atoms with van der Waals surface area (Å²) in [6, 6.07) is 14.3. The Morgan fingerprint density at radius 1 is 1.12 bits per heavy atom. The van der Waals surface area contributed by atoms with Gasteiger partial charge in [0.15, 0.2) is 0 Å². The summed E-state index contributed by atoms with van der Waals surface area (Å²) >= 11 is 0. The van der Waals surface area contributed by atoms with Crippen LogP contribution in [0.3, 0.4) is 0 Å². The van der Waals surface area contributed by atoms with Gasteiger partial charge >= 0.3 is 6.18 Å². The lowest BCUT2D eigenvalue weighted by atomic mass is 10.1. The molecule has 2 aromatic carbocycles. The van der Waals surface area contributed by atoms with Crippen LogP contribution in [0.5, 0.6) is 0 Å². The fraction of sp³-hybridized carbons (Fsp3) is 0.267. The van der Waals surface area contributed by atoms with Crippen molar-refractivity contribution >= 4 is 22.8 Å². The van der Waals surface area contributed by atoms with Crippen molar-refractivity contribution < 1.29 is 18.0 Å². The fourth-order valence-electron chi connectivity index (χ4n) is 4.68. The number of hydrogen-bond acceptors (Lipinski definition) is 5. The molecular weight excluding hydrogens is 519 g/mol. The quantitative estimate of drug-likeness (QED) is 0.356. The van der Waals surface area contributed by atoms with Gasteiger partial charge < -0.3 is 10.2 Å². The van der Waals surface area contributed by atoms with Gasteiger partial charge in [0.1, 0.15) is 0 Å². The average molecular weight is 546 g/mol. The van der Waals surface area contributed by atoms with Crippen LogP contribution < -0.4 is 10.9 Å². The first-order valence-corrected chi connectivity index (χ1v) is 12.8. The van der Waals surface area contributed by atoms with Crippen molar-refractivity contribution in [2.24, 2.45) is 0 Å². The van der Waals surface area contributed by atoms with E-state index in [0.29, 0.717) is 48.7 Å². The van der Waals surface area contributed by atoms with Crippen molar-refractivity contribution in [1.29, 1.82) is 0 Å². The van der Waals surface area contributed by atoms with E-state index in [9.17, 15) is 22.8 Å². The summed E-state index contributed by atoms with van der Waals surface area (Å²) in [6.07, 6.45) is -1.98. The lowest BCUT2D eigenvalue weighted by Crippen LogP contribution is -2.41. The van der Waals surface area contributed by atoms with Gasteiger partial charge in [0, 0.05) is 31.1 Å². The zero-order valence-electron chi connectivity index (χ0n) is 21.8. The number of benzene rings is 2. The summed E-state index contributed by atoms with van der Waals surface area (Å²) in [7, 11) is 0. The number of anilines is 1. The molecule has 204 valence electrons. The summed E-state index contributed by atoms with van der Waals surface area (Å²) in [6.45, 7) is 2.66. The molecule has 40 heavy (non-hydrogen) atoms. The van der Waals surface area contributed by atoms with E-state index in [1.54, 1.807) is 24.1 Å². The third-order valence-electron chi connectivity index (χ3n) is 6.83. The average Bonchev–Trinajstić information content (AvgIpc) is 2.96. The molecule has 1 aliphatic heterocycles. The number of aromatic nitrogens is 3. The molecule has 0 fully saturated rings. The molecule has 0 atom stereocenters. The number of nitrogens with zero attached hydrogens (tertiary/aromatic N) is 4. The number of halogens is 3. The summed E-state index contributed by atoms with van der Waals surface area (Å²) in [4.78, 5) is 37.6. The maximum Gasteiger partial charge on any atom is 0.416 e. The van der Waals surface area contributed by atoms with Crippen LogP contribution in [0.25, 0.3) is 10.9 Å². The van der Waals surface area contributed by atoms with Crippen molar-refractivity contribution in [2.45, 2.75) is 39.0 Å². The summed E-state index contributed by atoms with van der Waals surface area (Å²) in [5.41, 5.74) is 2.05. The minimum absolute atomic E-state index is 0.112. The molecule has 0 saturated heterocycles. The Bertz CT molecular complexity index is 1680. The Labute approximate surface area is 228 Å². The van der Waals surface area contributed by atoms with Gasteiger partial charge in [-0.25, -0.2) is 4.98 Å². The molecule has 0 unspecified atom stereocenters. The van der Waals surface area contributed by atoms with E-state index in [1.807, 2.05) is 24.3 Å². The van der Waals surface area contributed by atoms with Gasteiger partial charge in [0.25, 0.3) is 11.5 Å². The lowest BCUT2D eigenvalue weighted by Gasteiger charge is -2.29. The van der Waals surface area contributed by atoms with Crippen LogP contribution in [-0.2, 0) is 32.1 Å². The van der Waals surface area contributed by atoms with E-state index in [4.69, 9.17) is 4.98 Å². The van der Waals surface area contributed by atoms with Gasteiger partial charge in [-0.15, -0.1) is 5.92 Å². The van der Waals surface area contributed by atoms with Crippen molar-refractivity contribution in [2.75, 3.05) is 18.4 Å². The predicted octanol–water partition coefficient (Wildman–Crippen LogP) is 4.69. The molecule has 1 N–H and O–H groups in total. The third kappa shape index (κ3) is 5.69. The van der Waals surface area contributed by atoms with Gasteiger partial charge in [-0.1, -0.05) is 36.3 Å². The number of nitrogens with one attached hydrogen (secondary N) is 1. The van der Waals surface area contributed by atoms with Crippen molar-refractivity contribution in [1.82, 2.24) is 19.4 Å². The van der Waals surface area contributed by atoms with E-state index in [1.165, 1.54) is 16.7 Å². The molecule has 3 heterocycles. The second-order valence-electron chi connectivity index (χ2n) is 9.44. The van der Waals surface area contributed by atoms with E-state index in [-0.39, 0.29) is 24.6 Å². The Balaban J connectivity index is 1.34. The number of carbonyl (C=O) groups excluding carboxylic acids is 1. The van der Waals surface area contributed by atoms with Crippen LogP contribution in [0.1, 0.15) is 39.7 Å². The standard InChI is InChI=1S/C30H26F3N5O2/c1-2-3-15-38-28(40)24-19-37(27(39)22-17-21-6-4-5-7-25(21)35-18-22)16-13-26(24)36-29(38)34-14-12-20-8-10-23(11-9-20)30(31,32)33/h4-11,17-18H,12-16,19H2,1H3,(H,34,36). The smallest absolute Gasteiger partial charge is 0.355 e. The predicted molar refractivity (Wildman–Crippen MR) is 146 cm³/mol. The molecule has 5 rings (SSSR count). The number of pyridine rings is 1. The maximum atomic E-state index is 13.5. The monoisotopic (exact) mass is 545 g/mol. The number of amides is 1. The number of rotatable bonds is 6. The third-order valence-corrected chi connectivity index (χ3v) is 6.83. The Morgan fingerprint density at radius 3 is 2.65 bits per heavy atom. The summed E-state index contributed by atoms with van der Waals surface area (Å²) in [5.74, 6) is 5.82. The number of hydrogen-bond donors (Lipinski definition) is 1. The summed E-state index contributed by atoms with van der Waals surface area (Å²) < 4.78 is 40.0. The van der Waals surface area contributed by atoms with Crippen LogP contribution in [-0.4, -0.2) is 38.4 Å². The molecule has 7 nitrogen and oxygen atoms in total. The maximum absolute atomic E-state index is 13.5. The van der Waals surface area contributed by atoms with E-state index in [2.05, 4.69) is 22.1 Å². The minimum atomic E-state index is -4.38. The first-order valence-electron chi connectivity index (χ1n) is 12.8. The minimum Gasteiger partial charge on any atom is -0.355 e. The first kappa shape index (κ1) is 26.9. The number of para-hydroxylation sites is 1. The van der Waals surface area contributed by atoms with Gasteiger partial charge in [-0.05, 0) is 43.2 Å².